The van der Waals surface area contributed by atoms with Gasteiger partial charge < -0.3 is 15.6 Å². The fourth-order valence-electron chi connectivity index (χ4n) is 1.93. The summed E-state index contributed by atoms with van der Waals surface area (Å²) in [6.45, 7) is 0.870. The lowest BCUT2D eigenvalue weighted by atomic mass is 10.1. The molecule has 1 heterocycles. The Morgan fingerprint density at radius 2 is 2.11 bits per heavy atom. The number of H-pyrrole nitrogens is 1. The van der Waals surface area contributed by atoms with E-state index < -0.39 is 0 Å². The average Bonchev–Trinajstić information content (AvgIpc) is 2.78. The van der Waals surface area contributed by atoms with Crippen LogP contribution in [0.15, 0.2) is 35.5 Å². The zero-order valence-electron chi connectivity index (χ0n) is 10.7. The summed E-state index contributed by atoms with van der Waals surface area (Å²) in [5.74, 6) is 0.824. The molecule has 0 amide bonds. The van der Waals surface area contributed by atoms with Crippen molar-refractivity contribution in [1.29, 1.82) is 0 Å². The molecule has 0 saturated heterocycles. The van der Waals surface area contributed by atoms with Crippen LogP contribution < -0.4 is 10.6 Å². The lowest BCUT2D eigenvalue weighted by Gasteiger charge is -2.07. The van der Waals surface area contributed by atoms with Gasteiger partial charge >= 0.3 is 0 Å². The minimum Gasteiger partial charge on any atom is -0.361 e. The van der Waals surface area contributed by atoms with E-state index in [2.05, 4.69) is 45.0 Å². The Labute approximate surface area is 124 Å². The van der Waals surface area contributed by atoms with Crippen molar-refractivity contribution in [2.75, 3.05) is 20.6 Å². The van der Waals surface area contributed by atoms with E-state index in [0.29, 0.717) is 0 Å². The fourth-order valence-corrected chi connectivity index (χ4v) is 1.93. The summed E-state index contributed by atoms with van der Waals surface area (Å²) in [7, 11) is 3.63. The molecule has 18 heavy (non-hydrogen) atoms. The number of aromatic amines is 1. The molecule has 1 aromatic carbocycles. The number of hydrogen-bond donors (Lipinski definition) is 3. The van der Waals surface area contributed by atoms with Crippen molar-refractivity contribution in [3.8, 4) is 0 Å². The topological polar surface area (TPSA) is 52.2 Å². The van der Waals surface area contributed by atoms with E-state index in [0.717, 1.165) is 18.9 Å². The minimum absolute atomic E-state index is 0. The van der Waals surface area contributed by atoms with Crippen LogP contribution in [0.25, 0.3) is 10.9 Å². The van der Waals surface area contributed by atoms with Crippen LogP contribution in [0.3, 0.4) is 0 Å². The molecule has 2 aromatic rings. The normalized spacial score (nSPS) is 11.1. The van der Waals surface area contributed by atoms with Crippen LogP contribution >= 0.6 is 24.0 Å². The maximum absolute atomic E-state index is 4.07. The summed E-state index contributed by atoms with van der Waals surface area (Å²) in [5.41, 5.74) is 2.53. The summed E-state index contributed by atoms with van der Waals surface area (Å²) in [4.78, 5) is 7.35. The zero-order chi connectivity index (χ0) is 12.1. The second kappa shape index (κ2) is 7.25. The number of halogens is 1. The average molecular weight is 358 g/mol. The Morgan fingerprint density at radius 3 is 2.83 bits per heavy atom. The van der Waals surface area contributed by atoms with Crippen molar-refractivity contribution in [3.63, 3.8) is 0 Å². The van der Waals surface area contributed by atoms with Crippen LogP contribution in [0, 0.1) is 0 Å². The van der Waals surface area contributed by atoms with E-state index in [1.165, 1.54) is 16.5 Å². The first-order valence-electron chi connectivity index (χ1n) is 5.78. The highest BCUT2D eigenvalue weighted by molar-refractivity contribution is 14.0. The van der Waals surface area contributed by atoms with Gasteiger partial charge in [0.25, 0.3) is 0 Å². The van der Waals surface area contributed by atoms with Crippen LogP contribution in [0.1, 0.15) is 5.56 Å². The van der Waals surface area contributed by atoms with Crippen molar-refractivity contribution < 1.29 is 0 Å². The van der Waals surface area contributed by atoms with Gasteiger partial charge in [-0.2, -0.15) is 0 Å². The van der Waals surface area contributed by atoms with Crippen molar-refractivity contribution >= 4 is 40.8 Å². The number of aromatic nitrogens is 1. The van der Waals surface area contributed by atoms with Gasteiger partial charge in [-0.15, -0.1) is 24.0 Å². The molecular weight excluding hydrogens is 339 g/mol. The van der Waals surface area contributed by atoms with Gasteiger partial charge in [0.05, 0.1) is 0 Å². The predicted octanol–water partition coefficient (Wildman–Crippen LogP) is 2.12. The van der Waals surface area contributed by atoms with Crippen LogP contribution in [0.2, 0.25) is 0 Å². The highest BCUT2D eigenvalue weighted by Crippen LogP contribution is 2.17. The molecule has 0 radical (unpaired) electrons. The van der Waals surface area contributed by atoms with E-state index in [-0.39, 0.29) is 24.0 Å². The number of benzene rings is 1. The van der Waals surface area contributed by atoms with Crippen LogP contribution in [0.5, 0.6) is 0 Å². The van der Waals surface area contributed by atoms with Gasteiger partial charge in [-0.05, 0) is 18.1 Å². The predicted molar refractivity (Wildman–Crippen MR) is 87.8 cm³/mol. The third-order valence-corrected chi connectivity index (χ3v) is 2.82. The van der Waals surface area contributed by atoms with Gasteiger partial charge in [-0.25, -0.2) is 0 Å². The molecule has 1 aromatic heterocycles. The molecule has 4 nitrogen and oxygen atoms in total. The standard InChI is InChI=1S/C13H18N4.HI/c1-14-13(15-2)16-8-7-10-9-17-12-6-4-3-5-11(10)12;/h3-6,9,17H,7-8H2,1-2H3,(H2,14,15,16);1H. The molecule has 0 aliphatic heterocycles. The van der Waals surface area contributed by atoms with E-state index in [9.17, 15) is 0 Å². The Bertz CT molecular complexity index is 518. The van der Waals surface area contributed by atoms with Crippen LogP contribution in [0.4, 0.5) is 0 Å². The number of fused-ring (bicyclic) bond motifs is 1. The maximum Gasteiger partial charge on any atom is 0.190 e. The van der Waals surface area contributed by atoms with Crippen LogP contribution in [-0.4, -0.2) is 31.6 Å². The van der Waals surface area contributed by atoms with Crippen molar-refractivity contribution in [2.24, 2.45) is 4.99 Å². The fraction of sp³-hybridized carbons (Fsp3) is 0.308. The third-order valence-electron chi connectivity index (χ3n) is 2.82. The van der Waals surface area contributed by atoms with Gasteiger partial charge in [0.2, 0.25) is 0 Å². The molecule has 3 N–H and O–H groups in total. The number of aliphatic imine (C=N–C) groups is 1. The molecule has 0 spiro atoms. The molecule has 0 saturated carbocycles. The Balaban J connectivity index is 0.00000162. The molecule has 2 rings (SSSR count). The van der Waals surface area contributed by atoms with E-state index in [4.69, 9.17) is 0 Å². The number of hydrogen-bond acceptors (Lipinski definition) is 1. The molecule has 98 valence electrons. The lowest BCUT2D eigenvalue weighted by molar-refractivity contribution is 0.837. The van der Waals surface area contributed by atoms with E-state index in [1.807, 2.05) is 13.1 Å². The Hall–Kier alpha value is -1.24. The van der Waals surface area contributed by atoms with Crippen molar-refractivity contribution in [3.05, 3.63) is 36.0 Å². The quantitative estimate of drug-likeness (QED) is 0.447. The van der Waals surface area contributed by atoms with Crippen molar-refractivity contribution in [1.82, 2.24) is 15.6 Å². The number of guanidine groups is 1. The number of nitrogens with one attached hydrogen (secondary N) is 3. The van der Waals surface area contributed by atoms with Gasteiger partial charge in [0.15, 0.2) is 5.96 Å². The maximum atomic E-state index is 4.07. The Kier molecular flexibility index (Phi) is 5.97. The first-order valence-corrected chi connectivity index (χ1v) is 5.78. The smallest absolute Gasteiger partial charge is 0.190 e. The third kappa shape index (κ3) is 3.38. The molecular formula is C13H19IN4. The van der Waals surface area contributed by atoms with Gasteiger partial charge in [-0.3, -0.25) is 4.99 Å². The second-order valence-electron chi connectivity index (χ2n) is 3.86. The minimum atomic E-state index is 0. The number of para-hydroxylation sites is 1. The molecule has 0 aliphatic carbocycles. The first kappa shape index (κ1) is 14.8. The monoisotopic (exact) mass is 358 g/mol. The van der Waals surface area contributed by atoms with E-state index in [1.54, 1.807) is 7.05 Å². The molecule has 0 fully saturated rings. The molecule has 0 atom stereocenters. The van der Waals surface area contributed by atoms with Gasteiger partial charge in [-0.1, -0.05) is 18.2 Å². The van der Waals surface area contributed by atoms with E-state index >= 15 is 0 Å². The van der Waals surface area contributed by atoms with Crippen LogP contribution in [-0.2, 0) is 6.42 Å². The van der Waals surface area contributed by atoms with Crippen molar-refractivity contribution in [2.45, 2.75) is 6.42 Å². The molecule has 0 aliphatic rings. The number of rotatable bonds is 3. The summed E-state index contributed by atoms with van der Waals surface area (Å²) in [6.07, 6.45) is 3.05. The van der Waals surface area contributed by atoms with Gasteiger partial charge in [0, 0.05) is 37.7 Å². The SMILES string of the molecule is CN=C(NC)NCCc1c[nH]c2ccccc12.I. The summed E-state index contributed by atoms with van der Waals surface area (Å²) in [6, 6.07) is 8.36. The highest BCUT2D eigenvalue weighted by atomic mass is 127. The summed E-state index contributed by atoms with van der Waals surface area (Å²) >= 11 is 0. The summed E-state index contributed by atoms with van der Waals surface area (Å²) in [5, 5.41) is 7.55. The lowest BCUT2D eigenvalue weighted by Crippen LogP contribution is -2.35. The summed E-state index contributed by atoms with van der Waals surface area (Å²) < 4.78 is 0. The molecule has 0 unspecified atom stereocenters. The highest BCUT2D eigenvalue weighted by Gasteiger charge is 2.02. The molecule has 5 heteroatoms. The second-order valence-corrected chi connectivity index (χ2v) is 3.86. The molecule has 0 bridgehead atoms. The van der Waals surface area contributed by atoms with Gasteiger partial charge in [0.1, 0.15) is 0 Å². The first-order chi connectivity index (χ1) is 8.35. The Morgan fingerprint density at radius 1 is 1.33 bits per heavy atom. The number of nitrogens with zero attached hydrogens (tertiary/aromatic N) is 1. The zero-order valence-corrected chi connectivity index (χ0v) is 13.0. The largest absolute Gasteiger partial charge is 0.361 e.